The highest BCUT2D eigenvalue weighted by Crippen LogP contribution is 2.65. The maximum absolute atomic E-state index is 6.68. The lowest BCUT2D eigenvalue weighted by Gasteiger charge is -2.65. The van der Waals surface area contributed by atoms with Crippen molar-refractivity contribution >= 4 is 0 Å². The second-order valence-corrected chi connectivity index (χ2v) is 9.46. The van der Waals surface area contributed by atoms with Crippen molar-refractivity contribution in [1.29, 1.82) is 0 Å². The fourth-order valence-corrected chi connectivity index (χ4v) is 6.52. The van der Waals surface area contributed by atoms with Gasteiger partial charge in [-0.25, -0.2) is 0 Å². The molecule has 0 aromatic carbocycles. The highest BCUT2D eigenvalue weighted by molar-refractivity contribution is 5.12. The van der Waals surface area contributed by atoms with Gasteiger partial charge >= 0.3 is 0 Å². The number of hydrogen-bond donors (Lipinski definition) is 0. The first-order chi connectivity index (χ1) is 9.65. The lowest BCUT2D eigenvalue weighted by Crippen LogP contribution is -2.62. The Bertz CT molecular complexity index is 439. The molecule has 120 valence electrons. The molecule has 21 heavy (non-hydrogen) atoms. The molecule has 5 atom stereocenters. The zero-order chi connectivity index (χ0) is 15.5. The smallest absolute Gasteiger partial charge is 0.0839 e. The zero-order valence-electron chi connectivity index (χ0n) is 14.8. The third-order valence-corrected chi connectivity index (χ3v) is 7.57. The highest BCUT2D eigenvalue weighted by Gasteiger charge is 2.61. The molecule has 1 aliphatic heterocycles. The van der Waals surface area contributed by atoms with E-state index in [1.165, 1.54) is 38.5 Å². The molecule has 0 aromatic heterocycles. The van der Waals surface area contributed by atoms with E-state index >= 15 is 0 Å². The highest BCUT2D eigenvalue weighted by atomic mass is 16.5. The maximum Gasteiger partial charge on any atom is 0.0839 e. The van der Waals surface area contributed by atoms with Crippen LogP contribution < -0.4 is 0 Å². The van der Waals surface area contributed by atoms with E-state index in [1.54, 1.807) is 0 Å². The van der Waals surface area contributed by atoms with Crippen LogP contribution in [-0.2, 0) is 4.74 Å². The Morgan fingerprint density at radius 2 is 1.57 bits per heavy atom. The minimum Gasteiger partial charge on any atom is -0.365 e. The summed E-state index contributed by atoms with van der Waals surface area (Å²) in [6.07, 6.45) is 11.2. The summed E-state index contributed by atoms with van der Waals surface area (Å²) in [6.45, 7) is 16.2. The topological polar surface area (TPSA) is 9.23 Å². The van der Waals surface area contributed by atoms with Crippen LogP contribution in [0.3, 0.4) is 0 Å². The lowest BCUT2D eigenvalue weighted by atomic mass is 9.44. The Hall–Kier alpha value is -0.300. The minimum absolute atomic E-state index is 0.0554. The van der Waals surface area contributed by atoms with Gasteiger partial charge in [-0.05, 0) is 75.0 Å². The van der Waals surface area contributed by atoms with Crippen molar-refractivity contribution in [3.63, 3.8) is 0 Å². The van der Waals surface area contributed by atoms with E-state index in [2.05, 4.69) is 41.2 Å². The zero-order valence-corrected chi connectivity index (χ0v) is 14.8. The van der Waals surface area contributed by atoms with Crippen molar-refractivity contribution in [2.75, 3.05) is 0 Å². The van der Waals surface area contributed by atoms with Gasteiger partial charge in [-0.3, -0.25) is 0 Å². The van der Waals surface area contributed by atoms with Crippen molar-refractivity contribution in [3.8, 4) is 0 Å². The van der Waals surface area contributed by atoms with Crippen LogP contribution in [0.4, 0.5) is 0 Å². The molecule has 2 aliphatic carbocycles. The molecule has 2 saturated carbocycles. The third-order valence-electron chi connectivity index (χ3n) is 7.57. The van der Waals surface area contributed by atoms with Crippen LogP contribution in [0.2, 0.25) is 0 Å². The molecule has 1 nitrogen and oxygen atoms in total. The van der Waals surface area contributed by atoms with E-state index in [0.717, 1.165) is 18.3 Å². The SMILES string of the molecule is C=C[C@]1(C)CC[C@@H]2[C@]3(C)CCCC(C)(C)[C@H]3CC[C@@]2(C)O1. The van der Waals surface area contributed by atoms with Crippen molar-refractivity contribution in [1.82, 2.24) is 0 Å². The molecular formula is C20H34O. The predicted octanol–water partition coefficient (Wildman–Crippen LogP) is 5.74. The average molecular weight is 290 g/mol. The van der Waals surface area contributed by atoms with E-state index in [1.807, 2.05) is 6.08 Å². The van der Waals surface area contributed by atoms with Gasteiger partial charge in [0, 0.05) is 0 Å². The molecule has 0 bridgehead atoms. The molecule has 0 aromatic rings. The largest absolute Gasteiger partial charge is 0.365 e. The average Bonchev–Trinajstić information content (AvgIpc) is 2.36. The monoisotopic (exact) mass is 290 g/mol. The summed E-state index contributed by atoms with van der Waals surface area (Å²) < 4.78 is 6.68. The van der Waals surface area contributed by atoms with Gasteiger partial charge in [0.2, 0.25) is 0 Å². The normalized spacial score (nSPS) is 52.6. The first-order valence-electron chi connectivity index (χ1n) is 8.99. The van der Waals surface area contributed by atoms with Gasteiger partial charge in [0.15, 0.2) is 0 Å². The summed E-state index contributed by atoms with van der Waals surface area (Å²) in [5, 5.41) is 0. The Morgan fingerprint density at radius 1 is 0.905 bits per heavy atom. The quantitative estimate of drug-likeness (QED) is 0.559. The molecule has 0 unspecified atom stereocenters. The Balaban J connectivity index is 1.94. The second kappa shape index (κ2) is 4.60. The summed E-state index contributed by atoms with van der Waals surface area (Å²) in [7, 11) is 0. The van der Waals surface area contributed by atoms with Crippen LogP contribution in [0.1, 0.15) is 79.6 Å². The van der Waals surface area contributed by atoms with Gasteiger partial charge in [-0.15, -0.1) is 6.58 Å². The van der Waals surface area contributed by atoms with Crippen LogP contribution in [-0.4, -0.2) is 11.2 Å². The van der Waals surface area contributed by atoms with E-state index < -0.39 is 0 Å². The van der Waals surface area contributed by atoms with Gasteiger partial charge in [0.1, 0.15) is 0 Å². The van der Waals surface area contributed by atoms with E-state index in [9.17, 15) is 0 Å². The summed E-state index contributed by atoms with van der Waals surface area (Å²) in [5.41, 5.74) is 0.920. The van der Waals surface area contributed by atoms with Gasteiger partial charge in [-0.1, -0.05) is 33.3 Å². The third kappa shape index (κ3) is 2.22. The van der Waals surface area contributed by atoms with Crippen molar-refractivity contribution in [2.45, 2.75) is 90.8 Å². The maximum atomic E-state index is 6.68. The van der Waals surface area contributed by atoms with Gasteiger partial charge in [-0.2, -0.15) is 0 Å². The number of hydrogen-bond acceptors (Lipinski definition) is 1. The van der Waals surface area contributed by atoms with E-state index in [4.69, 9.17) is 4.74 Å². The molecule has 0 N–H and O–H groups in total. The van der Waals surface area contributed by atoms with Crippen LogP contribution >= 0.6 is 0 Å². The molecule has 1 heterocycles. The molecular weight excluding hydrogens is 256 g/mol. The van der Waals surface area contributed by atoms with Gasteiger partial charge in [0.05, 0.1) is 11.2 Å². The minimum atomic E-state index is -0.112. The van der Waals surface area contributed by atoms with Crippen molar-refractivity contribution in [3.05, 3.63) is 12.7 Å². The fourth-order valence-electron chi connectivity index (χ4n) is 6.52. The number of ether oxygens (including phenoxy) is 1. The van der Waals surface area contributed by atoms with Crippen LogP contribution in [0.25, 0.3) is 0 Å². The molecule has 3 rings (SSSR count). The first-order valence-corrected chi connectivity index (χ1v) is 8.99. The fraction of sp³-hybridized carbons (Fsp3) is 0.900. The van der Waals surface area contributed by atoms with Crippen LogP contribution in [0, 0.1) is 22.7 Å². The molecule has 1 saturated heterocycles. The standard InChI is InChI=1S/C20H34O/c1-7-18(4)13-9-16-19(5)12-8-11-17(2,3)15(19)10-14-20(16,6)21-18/h7,15-16H,1,8-14H2,2-6H3/t15-,16-,18-,19-,20-/m1/s1. The van der Waals surface area contributed by atoms with Crippen LogP contribution in [0.15, 0.2) is 12.7 Å². The Kier molecular flexibility index (Phi) is 3.41. The Labute approximate surface area is 131 Å². The molecule has 1 heteroatoms. The van der Waals surface area contributed by atoms with E-state index in [-0.39, 0.29) is 11.2 Å². The van der Waals surface area contributed by atoms with E-state index in [0.29, 0.717) is 10.8 Å². The molecule has 0 radical (unpaired) electrons. The van der Waals surface area contributed by atoms with Gasteiger partial charge < -0.3 is 4.74 Å². The lowest BCUT2D eigenvalue weighted by molar-refractivity contribution is -0.252. The van der Waals surface area contributed by atoms with Crippen molar-refractivity contribution < 1.29 is 4.74 Å². The summed E-state index contributed by atoms with van der Waals surface area (Å²) >= 11 is 0. The second-order valence-electron chi connectivity index (χ2n) is 9.46. The molecule has 0 spiro atoms. The van der Waals surface area contributed by atoms with Crippen molar-refractivity contribution in [2.24, 2.45) is 22.7 Å². The first kappa shape index (κ1) is 15.6. The molecule has 3 aliphatic rings. The predicted molar refractivity (Wildman–Crippen MR) is 89.3 cm³/mol. The summed E-state index contributed by atoms with van der Waals surface area (Å²) in [4.78, 5) is 0. The van der Waals surface area contributed by atoms with Gasteiger partial charge in [0.25, 0.3) is 0 Å². The number of fused-ring (bicyclic) bond motifs is 3. The summed E-state index contributed by atoms with van der Waals surface area (Å²) in [5.74, 6) is 1.59. The molecule has 0 amide bonds. The Morgan fingerprint density at radius 3 is 2.24 bits per heavy atom. The molecule has 3 fully saturated rings. The summed E-state index contributed by atoms with van der Waals surface area (Å²) in [6, 6.07) is 0. The van der Waals surface area contributed by atoms with Crippen LogP contribution in [0.5, 0.6) is 0 Å². The number of rotatable bonds is 1.